The highest BCUT2D eigenvalue weighted by atomic mass is 16.2. The molecule has 110 valence electrons. The van der Waals surface area contributed by atoms with Gasteiger partial charge in [0.1, 0.15) is 0 Å². The van der Waals surface area contributed by atoms with Crippen LogP contribution in [0.4, 0.5) is 11.6 Å². The van der Waals surface area contributed by atoms with Gasteiger partial charge in [-0.3, -0.25) is 9.48 Å². The molecule has 0 bridgehead atoms. The van der Waals surface area contributed by atoms with Gasteiger partial charge in [0.05, 0.1) is 5.69 Å². The molecule has 1 amide bonds. The monoisotopic (exact) mass is 287 g/mol. The number of hydrogen-bond acceptors (Lipinski definition) is 6. The second-order valence-electron chi connectivity index (χ2n) is 4.93. The second-order valence-corrected chi connectivity index (χ2v) is 4.93. The number of hydrogen-bond donors (Lipinski definition) is 1. The van der Waals surface area contributed by atoms with E-state index in [1.165, 1.54) is 0 Å². The summed E-state index contributed by atoms with van der Waals surface area (Å²) < 4.78 is 1.55. The molecule has 0 saturated carbocycles. The van der Waals surface area contributed by atoms with Crippen molar-refractivity contribution in [1.82, 2.24) is 24.6 Å². The van der Waals surface area contributed by atoms with Gasteiger partial charge in [-0.15, -0.1) is 0 Å². The van der Waals surface area contributed by atoms with Crippen molar-refractivity contribution in [3.8, 4) is 0 Å². The predicted octanol–water partition coefficient (Wildman–Crippen LogP) is -0.245. The Morgan fingerprint density at radius 3 is 2.43 bits per heavy atom. The van der Waals surface area contributed by atoms with Gasteiger partial charge in [-0.2, -0.15) is 5.10 Å². The molecule has 1 saturated heterocycles. The Morgan fingerprint density at radius 2 is 1.86 bits per heavy atom. The third-order valence-corrected chi connectivity index (χ3v) is 3.46. The van der Waals surface area contributed by atoms with Gasteiger partial charge in [0.2, 0.25) is 5.95 Å². The molecular formula is C13H17N7O. The summed E-state index contributed by atoms with van der Waals surface area (Å²) in [7, 11) is 1.75. The highest BCUT2D eigenvalue weighted by Gasteiger charge is 2.26. The molecule has 2 aromatic heterocycles. The zero-order chi connectivity index (χ0) is 14.8. The second kappa shape index (κ2) is 5.39. The predicted molar refractivity (Wildman–Crippen MR) is 77.8 cm³/mol. The van der Waals surface area contributed by atoms with E-state index in [1.807, 2.05) is 0 Å². The third kappa shape index (κ3) is 2.64. The van der Waals surface area contributed by atoms with Crippen LogP contribution in [0.1, 0.15) is 10.5 Å². The van der Waals surface area contributed by atoms with Crippen LogP contribution in [0.25, 0.3) is 0 Å². The van der Waals surface area contributed by atoms with Crippen LogP contribution in [-0.2, 0) is 7.05 Å². The Labute approximate surface area is 122 Å². The molecule has 1 fully saturated rings. The van der Waals surface area contributed by atoms with Gasteiger partial charge in [-0.1, -0.05) is 0 Å². The fraction of sp³-hybridized carbons (Fsp3) is 0.385. The molecule has 1 aliphatic heterocycles. The van der Waals surface area contributed by atoms with E-state index in [-0.39, 0.29) is 5.91 Å². The van der Waals surface area contributed by atoms with Crippen LogP contribution in [0.15, 0.2) is 24.7 Å². The number of carbonyl (C=O) groups excluding carboxylic acids is 1. The zero-order valence-electron chi connectivity index (χ0n) is 11.8. The van der Waals surface area contributed by atoms with E-state index in [2.05, 4.69) is 20.0 Å². The van der Waals surface area contributed by atoms with E-state index in [9.17, 15) is 4.79 Å². The number of rotatable bonds is 2. The largest absolute Gasteiger partial charge is 0.396 e. The molecule has 0 aliphatic carbocycles. The Kier molecular flexibility index (Phi) is 3.43. The molecule has 0 atom stereocenters. The number of nitrogens with two attached hydrogens (primary N) is 1. The SMILES string of the molecule is Cn1cc(N)c(C(=O)N2CCN(c3ncccn3)CC2)n1. The first-order valence-corrected chi connectivity index (χ1v) is 6.75. The van der Waals surface area contributed by atoms with Crippen molar-refractivity contribution in [1.29, 1.82) is 0 Å². The van der Waals surface area contributed by atoms with Crippen LogP contribution in [0, 0.1) is 0 Å². The average Bonchev–Trinajstić information content (AvgIpc) is 2.86. The normalized spacial score (nSPS) is 15.3. The molecule has 1 aliphatic rings. The maximum Gasteiger partial charge on any atom is 0.276 e. The fourth-order valence-corrected chi connectivity index (χ4v) is 2.39. The lowest BCUT2D eigenvalue weighted by Crippen LogP contribution is -2.49. The summed E-state index contributed by atoms with van der Waals surface area (Å²) in [5.41, 5.74) is 6.54. The number of nitrogens with zero attached hydrogens (tertiary/aromatic N) is 6. The van der Waals surface area contributed by atoms with Crippen molar-refractivity contribution < 1.29 is 4.79 Å². The first kappa shape index (κ1) is 13.3. The lowest BCUT2D eigenvalue weighted by Gasteiger charge is -2.34. The smallest absolute Gasteiger partial charge is 0.276 e. The maximum absolute atomic E-state index is 12.4. The molecule has 2 aromatic rings. The van der Waals surface area contributed by atoms with Crippen molar-refractivity contribution in [2.24, 2.45) is 7.05 Å². The summed E-state index contributed by atoms with van der Waals surface area (Å²) in [5.74, 6) is 0.573. The number of aromatic nitrogens is 4. The van der Waals surface area contributed by atoms with Crippen molar-refractivity contribution in [2.45, 2.75) is 0 Å². The summed E-state index contributed by atoms with van der Waals surface area (Å²) in [6.07, 6.45) is 5.07. The minimum Gasteiger partial charge on any atom is -0.396 e. The maximum atomic E-state index is 12.4. The zero-order valence-corrected chi connectivity index (χ0v) is 11.8. The molecule has 3 heterocycles. The van der Waals surface area contributed by atoms with Crippen molar-refractivity contribution in [3.63, 3.8) is 0 Å². The van der Waals surface area contributed by atoms with E-state index in [1.54, 1.807) is 41.3 Å². The van der Waals surface area contributed by atoms with Crippen LogP contribution in [0.3, 0.4) is 0 Å². The average molecular weight is 287 g/mol. The molecule has 0 aromatic carbocycles. The summed E-state index contributed by atoms with van der Waals surface area (Å²) in [5, 5.41) is 4.12. The minimum atomic E-state index is -0.123. The molecule has 0 radical (unpaired) electrons. The summed E-state index contributed by atoms with van der Waals surface area (Å²) in [6.45, 7) is 2.60. The summed E-state index contributed by atoms with van der Waals surface area (Å²) >= 11 is 0. The van der Waals surface area contributed by atoms with Gasteiger partial charge in [0.25, 0.3) is 5.91 Å². The highest BCUT2D eigenvalue weighted by molar-refractivity contribution is 5.97. The molecule has 21 heavy (non-hydrogen) atoms. The Hall–Kier alpha value is -2.64. The standard InChI is InChI=1S/C13H17N7O/c1-18-9-10(14)11(17-18)12(21)19-5-7-20(8-6-19)13-15-3-2-4-16-13/h2-4,9H,5-8,14H2,1H3. The van der Waals surface area contributed by atoms with Gasteiger partial charge in [-0.25, -0.2) is 9.97 Å². The number of nitrogen functional groups attached to an aromatic ring is 1. The van der Waals surface area contributed by atoms with Gasteiger partial charge in [0, 0.05) is 51.8 Å². The Balaban J connectivity index is 1.66. The van der Waals surface area contributed by atoms with Crippen LogP contribution in [0.2, 0.25) is 0 Å². The molecule has 3 rings (SSSR count). The van der Waals surface area contributed by atoms with Gasteiger partial charge in [-0.05, 0) is 6.07 Å². The van der Waals surface area contributed by atoms with Gasteiger partial charge >= 0.3 is 0 Å². The lowest BCUT2D eigenvalue weighted by atomic mass is 10.2. The van der Waals surface area contributed by atoms with Crippen molar-refractivity contribution in [2.75, 3.05) is 36.8 Å². The van der Waals surface area contributed by atoms with Crippen LogP contribution >= 0.6 is 0 Å². The van der Waals surface area contributed by atoms with E-state index in [4.69, 9.17) is 5.73 Å². The first-order valence-electron chi connectivity index (χ1n) is 6.75. The molecule has 8 heteroatoms. The summed E-state index contributed by atoms with van der Waals surface area (Å²) in [6, 6.07) is 1.78. The number of piperazine rings is 1. The van der Waals surface area contributed by atoms with Crippen LogP contribution in [0.5, 0.6) is 0 Å². The topological polar surface area (TPSA) is 93.2 Å². The van der Waals surface area contributed by atoms with Crippen LogP contribution in [-0.4, -0.2) is 56.7 Å². The molecule has 0 unspecified atom stereocenters. The fourth-order valence-electron chi connectivity index (χ4n) is 2.39. The van der Waals surface area contributed by atoms with Crippen molar-refractivity contribution in [3.05, 3.63) is 30.4 Å². The minimum absolute atomic E-state index is 0.123. The number of amides is 1. The van der Waals surface area contributed by atoms with Crippen molar-refractivity contribution >= 4 is 17.5 Å². The summed E-state index contributed by atoms with van der Waals surface area (Å²) in [4.78, 5) is 24.7. The van der Waals surface area contributed by atoms with E-state index in [0.29, 0.717) is 43.5 Å². The van der Waals surface area contributed by atoms with E-state index < -0.39 is 0 Å². The Bertz CT molecular complexity index is 631. The van der Waals surface area contributed by atoms with Gasteiger partial charge in [0.15, 0.2) is 5.69 Å². The lowest BCUT2D eigenvalue weighted by molar-refractivity contribution is 0.0740. The Morgan fingerprint density at radius 1 is 1.19 bits per heavy atom. The molecule has 0 spiro atoms. The quantitative estimate of drug-likeness (QED) is 0.819. The molecule has 8 nitrogen and oxygen atoms in total. The third-order valence-electron chi connectivity index (χ3n) is 3.46. The highest BCUT2D eigenvalue weighted by Crippen LogP contribution is 2.15. The van der Waals surface area contributed by atoms with E-state index in [0.717, 1.165) is 0 Å². The first-order chi connectivity index (χ1) is 10.1. The van der Waals surface area contributed by atoms with E-state index >= 15 is 0 Å². The van der Waals surface area contributed by atoms with Gasteiger partial charge < -0.3 is 15.5 Å². The number of aryl methyl sites for hydroxylation is 1. The molecular weight excluding hydrogens is 270 g/mol. The van der Waals surface area contributed by atoms with Crippen LogP contribution < -0.4 is 10.6 Å². The number of carbonyl (C=O) groups is 1. The molecule has 2 N–H and O–H groups in total. The number of anilines is 2.